The molecule has 1 N–H and O–H groups in total. The predicted octanol–water partition coefficient (Wildman–Crippen LogP) is 1.98. The highest BCUT2D eigenvalue weighted by molar-refractivity contribution is 5.61. The second-order valence-electron chi connectivity index (χ2n) is 3.05. The van der Waals surface area contributed by atoms with Crippen LogP contribution in [0.5, 0.6) is 0 Å². The van der Waals surface area contributed by atoms with Crippen molar-refractivity contribution in [1.29, 1.82) is 0 Å². The van der Waals surface area contributed by atoms with Gasteiger partial charge in [0.2, 0.25) is 0 Å². The van der Waals surface area contributed by atoms with E-state index in [0.717, 1.165) is 0 Å². The van der Waals surface area contributed by atoms with E-state index >= 15 is 0 Å². The fraction of sp³-hybridized carbons (Fsp3) is 0.167. The van der Waals surface area contributed by atoms with E-state index in [1.807, 2.05) is 6.07 Å². The summed E-state index contributed by atoms with van der Waals surface area (Å²) in [5, 5.41) is 3.26. The van der Waals surface area contributed by atoms with Crippen molar-refractivity contribution >= 4 is 6.08 Å². The van der Waals surface area contributed by atoms with Crippen molar-refractivity contribution in [1.82, 2.24) is 5.32 Å². The van der Waals surface area contributed by atoms with Gasteiger partial charge in [-0.15, -0.1) is 6.42 Å². The minimum atomic E-state index is 0.298. The molecule has 0 aromatic heterocycles. The van der Waals surface area contributed by atoms with Crippen LogP contribution in [0.1, 0.15) is 17.2 Å². The lowest BCUT2D eigenvalue weighted by atomic mass is 10.1. The zero-order valence-corrected chi connectivity index (χ0v) is 7.33. The highest BCUT2D eigenvalue weighted by Gasteiger charge is 2.14. The first-order valence-corrected chi connectivity index (χ1v) is 4.36. The van der Waals surface area contributed by atoms with Gasteiger partial charge in [-0.25, -0.2) is 0 Å². The molecule has 0 bridgehead atoms. The molecule has 1 aromatic carbocycles. The number of hydrogen-bond acceptors (Lipinski definition) is 1. The van der Waals surface area contributed by atoms with Gasteiger partial charge in [0.1, 0.15) is 0 Å². The Morgan fingerprint density at radius 3 is 3.08 bits per heavy atom. The second-order valence-corrected chi connectivity index (χ2v) is 3.05. The van der Waals surface area contributed by atoms with E-state index in [1.165, 1.54) is 11.1 Å². The first-order valence-electron chi connectivity index (χ1n) is 4.36. The van der Waals surface area contributed by atoms with E-state index in [0.29, 0.717) is 12.6 Å². The summed E-state index contributed by atoms with van der Waals surface area (Å²) in [7, 11) is 0. The summed E-state index contributed by atoms with van der Waals surface area (Å²) in [5.74, 6) is 2.58. The zero-order valence-electron chi connectivity index (χ0n) is 7.33. The fourth-order valence-electron chi connectivity index (χ4n) is 1.60. The maximum Gasteiger partial charge on any atom is 0.0580 e. The monoisotopic (exact) mass is 169 g/mol. The molecule has 0 unspecified atom stereocenters. The van der Waals surface area contributed by atoms with Crippen LogP contribution in [-0.2, 0) is 0 Å². The Labute approximate surface area is 78.5 Å². The molecular weight excluding hydrogens is 158 g/mol. The van der Waals surface area contributed by atoms with Crippen LogP contribution in [0.4, 0.5) is 0 Å². The molecule has 0 saturated carbocycles. The van der Waals surface area contributed by atoms with Crippen molar-refractivity contribution in [3.8, 4) is 12.3 Å². The van der Waals surface area contributed by atoms with Gasteiger partial charge in [-0.1, -0.05) is 42.3 Å². The molecular formula is C12H11N. The maximum atomic E-state index is 5.19. The van der Waals surface area contributed by atoms with Gasteiger partial charge in [0.25, 0.3) is 0 Å². The molecule has 0 aliphatic heterocycles. The van der Waals surface area contributed by atoms with Gasteiger partial charge in [-0.2, -0.15) is 0 Å². The van der Waals surface area contributed by atoms with Gasteiger partial charge < -0.3 is 0 Å². The molecule has 1 nitrogen and oxygen atoms in total. The van der Waals surface area contributed by atoms with Gasteiger partial charge in [-0.3, -0.25) is 5.32 Å². The number of hydrogen-bond donors (Lipinski definition) is 1. The quantitative estimate of drug-likeness (QED) is 0.667. The van der Waals surface area contributed by atoms with E-state index in [1.54, 1.807) is 0 Å². The first kappa shape index (κ1) is 8.10. The lowest BCUT2D eigenvalue weighted by molar-refractivity contribution is 0.688. The number of fused-ring (bicyclic) bond motifs is 1. The van der Waals surface area contributed by atoms with Crippen LogP contribution in [-0.4, -0.2) is 6.54 Å². The summed E-state index contributed by atoms with van der Waals surface area (Å²) >= 11 is 0. The van der Waals surface area contributed by atoms with E-state index < -0.39 is 0 Å². The molecule has 2 rings (SSSR count). The highest BCUT2D eigenvalue weighted by Crippen LogP contribution is 2.27. The smallest absolute Gasteiger partial charge is 0.0580 e. The van der Waals surface area contributed by atoms with Crippen molar-refractivity contribution in [2.45, 2.75) is 6.04 Å². The Hall–Kier alpha value is -1.52. The lowest BCUT2D eigenvalue weighted by Gasteiger charge is -2.10. The fourth-order valence-corrected chi connectivity index (χ4v) is 1.60. The van der Waals surface area contributed by atoms with Crippen LogP contribution in [0.25, 0.3) is 6.08 Å². The lowest BCUT2D eigenvalue weighted by Crippen LogP contribution is -2.18. The van der Waals surface area contributed by atoms with Crippen LogP contribution in [0.3, 0.4) is 0 Å². The second kappa shape index (κ2) is 3.47. The molecule has 1 atom stereocenters. The van der Waals surface area contributed by atoms with Crippen molar-refractivity contribution in [3.63, 3.8) is 0 Å². The molecule has 0 saturated heterocycles. The van der Waals surface area contributed by atoms with Gasteiger partial charge in [0, 0.05) is 0 Å². The molecule has 1 aromatic rings. The van der Waals surface area contributed by atoms with E-state index in [-0.39, 0.29) is 0 Å². The van der Waals surface area contributed by atoms with Crippen LogP contribution in [0, 0.1) is 12.3 Å². The molecule has 0 radical (unpaired) electrons. The van der Waals surface area contributed by atoms with Crippen molar-refractivity contribution < 1.29 is 0 Å². The Bertz CT molecular complexity index is 371. The van der Waals surface area contributed by atoms with Crippen molar-refractivity contribution in [3.05, 3.63) is 41.5 Å². The van der Waals surface area contributed by atoms with Crippen molar-refractivity contribution in [2.24, 2.45) is 0 Å². The minimum Gasteiger partial charge on any atom is -0.296 e. The summed E-state index contributed by atoms with van der Waals surface area (Å²) in [4.78, 5) is 0. The van der Waals surface area contributed by atoms with Crippen LogP contribution >= 0.6 is 0 Å². The first-order chi connectivity index (χ1) is 6.42. The standard InChI is InChI=1S/C12H11N/c1-2-9-13-12-8-7-10-5-3-4-6-11(10)12/h1,3-8,12-13H,9H2/t12-/m1/s1. The normalized spacial score (nSPS) is 18.2. The number of terminal acetylenes is 1. The zero-order chi connectivity index (χ0) is 9.10. The summed E-state index contributed by atoms with van der Waals surface area (Å²) < 4.78 is 0. The molecule has 1 heteroatoms. The Morgan fingerprint density at radius 2 is 2.23 bits per heavy atom. The predicted molar refractivity (Wildman–Crippen MR) is 55.1 cm³/mol. The summed E-state index contributed by atoms with van der Waals surface area (Å²) in [6.07, 6.45) is 9.46. The molecule has 13 heavy (non-hydrogen) atoms. The average molecular weight is 169 g/mol. The van der Waals surface area contributed by atoms with E-state index in [4.69, 9.17) is 6.42 Å². The molecule has 0 spiro atoms. The molecule has 64 valence electrons. The van der Waals surface area contributed by atoms with Crippen molar-refractivity contribution in [2.75, 3.05) is 6.54 Å². The highest BCUT2D eigenvalue weighted by atomic mass is 14.9. The van der Waals surface area contributed by atoms with Gasteiger partial charge >= 0.3 is 0 Å². The summed E-state index contributed by atoms with van der Waals surface area (Å²) in [6, 6.07) is 8.64. The number of benzene rings is 1. The van der Waals surface area contributed by atoms with E-state index in [9.17, 15) is 0 Å². The van der Waals surface area contributed by atoms with Gasteiger partial charge in [-0.05, 0) is 11.1 Å². The molecule has 1 aliphatic carbocycles. The van der Waals surface area contributed by atoms with Crippen LogP contribution in [0.2, 0.25) is 0 Å². The third-order valence-electron chi connectivity index (χ3n) is 2.22. The summed E-state index contributed by atoms with van der Waals surface area (Å²) in [6.45, 7) is 0.614. The average Bonchev–Trinajstić information content (AvgIpc) is 2.58. The van der Waals surface area contributed by atoms with Gasteiger partial charge in [0.15, 0.2) is 0 Å². The van der Waals surface area contributed by atoms with Crippen LogP contribution < -0.4 is 5.32 Å². The maximum absolute atomic E-state index is 5.19. The third kappa shape index (κ3) is 1.49. The third-order valence-corrected chi connectivity index (χ3v) is 2.22. The Morgan fingerprint density at radius 1 is 1.38 bits per heavy atom. The SMILES string of the molecule is C#CCN[C@@H]1C=Cc2ccccc21. The molecule has 0 amide bonds. The molecule has 0 fully saturated rings. The topological polar surface area (TPSA) is 12.0 Å². The Balaban J connectivity index is 2.19. The van der Waals surface area contributed by atoms with Crippen LogP contribution in [0.15, 0.2) is 30.3 Å². The Kier molecular flexibility index (Phi) is 2.16. The minimum absolute atomic E-state index is 0.298. The number of rotatable bonds is 2. The number of nitrogens with one attached hydrogen (secondary N) is 1. The molecule has 1 aliphatic rings. The van der Waals surface area contributed by atoms with Gasteiger partial charge in [0.05, 0.1) is 12.6 Å². The largest absolute Gasteiger partial charge is 0.296 e. The molecule has 0 heterocycles. The van der Waals surface area contributed by atoms with E-state index in [2.05, 4.69) is 41.6 Å². The summed E-state index contributed by atoms with van der Waals surface area (Å²) in [5.41, 5.74) is 2.61.